The Kier molecular flexibility index (Phi) is 6.48. The molecule has 4 rings (SSSR count). The summed E-state index contributed by atoms with van der Waals surface area (Å²) in [6.45, 7) is 1.16. The first-order chi connectivity index (χ1) is 16.6. The van der Waals surface area contributed by atoms with Crippen molar-refractivity contribution in [3.05, 3.63) is 59.7 Å². The van der Waals surface area contributed by atoms with Crippen LogP contribution in [0.4, 0.5) is 18.0 Å². The minimum absolute atomic E-state index is 0.160. The molecule has 10 heteroatoms. The van der Waals surface area contributed by atoms with Crippen molar-refractivity contribution in [1.29, 1.82) is 0 Å². The number of alkyl carbamates (subject to hydrolysis) is 1. The van der Waals surface area contributed by atoms with Crippen LogP contribution in [0.2, 0.25) is 0 Å². The number of carbonyl (C=O) groups excluding carboxylic acids is 2. The average molecular weight is 490 g/mol. The van der Waals surface area contributed by atoms with Crippen LogP contribution >= 0.6 is 0 Å². The van der Waals surface area contributed by atoms with Crippen molar-refractivity contribution in [2.45, 2.75) is 37.9 Å². The largest absolute Gasteiger partial charge is 0.481 e. The maximum absolute atomic E-state index is 13.6. The third-order valence-corrected chi connectivity index (χ3v) is 6.88. The summed E-state index contributed by atoms with van der Waals surface area (Å²) in [5, 5.41) is 11.1. The minimum atomic E-state index is -4.89. The lowest BCUT2D eigenvalue weighted by atomic mass is 9.77. The van der Waals surface area contributed by atoms with E-state index in [9.17, 15) is 32.7 Å². The van der Waals surface area contributed by atoms with Gasteiger partial charge in [0.1, 0.15) is 18.1 Å². The molecule has 2 aromatic carbocycles. The Morgan fingerprint density at radius 3 is 2.11 bits per heavy atom. The van der Waals surface area contributed by atoms with Crippen LogP contribution in [0.25, 0.3) is 11.1 Å². The molecule has 2 N–H and O–H groups in total. The number of carbonyl (C=O) groups is 3. The summed E-state index contributed by atoms with van der Waals surface area (Å²) in [5.41, 5.74) is 2.66. The molecule has 2 aliphatic rings. The summed E-state index contributed by atoms with van der Waals surface area (Å²) >= 11 is 0. The third kappa shape index (κ3) is 4.69. The van der Waals surface area contributed by atoms with E-state index in [4.69, 9.17) is 4.74 Å². The number of amides is 2. The lowest BCUT2D eigenvalue weighted by Gasteiger charge is -2.47. The van der Waals surface area contributed by atoms with Crippen LogP contribution in [0.5, 0.6) is 0 Å². The van der Waals surface area contributed by atoms with Crippen LogP contribution < -0.4 is 5.32 Å². The van der Waals surface area contributed by atoms with Gasteiger partial charge in [0.25, 0.3) is 0 Å². The van der Waals surface area contributed by atoms with Crippen LogP contribution in [-0.2, 0) is 14.3 Å². The minimum Gasteiger partial charge on any atom is -0.481 e. The van der Waals surface area contributed by atoms with Crippen LogP contribution in [0, 0.1) is 5.41 Å². The molecule has 1 fully saturated rings. The number of carboxylic acids is 1. The number of ether oxygens (including phenoxy) is 1. The van der Waals surface area contributed by atoms with E-state index in [-0.39, 0.29) is 32.0 Å². The van der Waals surface area contributed by atoms with Gasteiger partial charge in [0.05, 0.1) is 6.42 Å². The number of nitrogens with zero attached hydrogens (tertiary/aromatic N) is 1. The number of fused-ring (bicyclic) bond motifs is 3. The van der Waals surface area contributed by atoms with Gasteiger partial charge in [-0.3, -0.25) is 9.59 Å². The van der Waals surface area contributed by atoms with E-state index in [1.807, 2.05) is 48.5 Å². The molecule has 35 heavy (non-hydrogen) atoms. The molecule has 1 unspecified atom stereocenters. The average Bonchev–Trinajstić information content (AvgIpc) is 3.10. The number of hydrogen-bond donors (Lipinski definition) is 2. The van der Waals surface area contributed by atoms with Gasteiger partial charge in [-0.05, 0) is 28.7 Å². The highest BCUT2D eigenvalue weighted by Gasteiger charge is 2.51. The Morgan fingerprint density at radius 1 is 1.09 bits per heavy atom. The van der Waals surface area contributed by atoms with Crippen molar-refractivity contribution in [2.75, 3.05) is 19.7 Å². The first kappa shape index (κ1) is 24.6. The summed E-state index contributed by atoms with van der Waals surface area (Å²) in [6, 6.07) is 12.7. The van der Waals surface area contributed by atoms with E-state index in [0.717, 1.165) is 27.2 Å². The second-order valence-electron chi connectivity index (χ2n) is 8.96. The van der Waals surface area contributed by atoms with Gasteiger partial charge in [0, 0.05) is 19.0 Å². The maximum atomic E-state index is 13.6. The molecule has 1 atom stereocenters. The standard InChI is InChI=1S/C25H25F3N2O5/c1-2-24(22(32)33)13-30(14-24)21(31)11-20(25(26,27)28)29-23(34)35-12-19-17-9-5-3-7-15(17)16-8-4-6-10-18(16)19/h3-10,19-20H,2,11-14H2,1H3,(H,29,34)(H,32,33). The molecule has 1 heterocycles. The van der Waals surface area contributed by atoms with Gasteiger partial charge in [-0.1, -0.05) is 55.5 Å². The third-order valence-electron chi connectivity index (χ3n) is 6.88. The molecule has 186 valence electrons. The lowest BCUT2D eigenvalue weighted by Crippen LogP contribution is -2.63. The molecular weight excluding hydrogens is 465 g/mol. The highest BCUT2D eigenvalue weighted by Crippen LogP contribution is 2.44. The summed E-state index contributed by atoms with van der Waals surface area (Å²) in [4.78, 5) is 37.1. The highest BCUT2D eigenvalue weighted by molar-refractivity contribution is 5.84. The van der Waals surface area contributed by atoms with Crippen molar-refractivity contribution in [3.8, 4) is 11.1 Å². The van der Waals surface area contributed by atoms with Gasteiger partial charge < -0.3 is 20.1 Å². The van der Waals surface area contributed by atoms with Crippen molar-refractivity contribution in [2.24, 2.45) is 5.41 Å². The Bertz CT molecular complexity index is 1100. The van der Waals surface area contributed by atoms with Gasteiger partial charge in [-0.25, -0.2) is 4.79 Å². The normalized spacial score (nSPS) is 17.1. The van der Waals surface area contributed by atoms with Gasteiger partial charge in [0.15, 0.2) is 0 Å². The number of rotatable bonds is 7. The van der Waals surface area contributed by atoms with Gasteiger partial charge in [0.2, 0.25) is 5.91 Å². The zero-order valence-electron chi connectivity index (χ0n) is 19.0. The van der Waals surface area contributed by atoms with Crippen LogP contribution in [0.3, 0.4) is 0 Å². The van der Waals surface area contributed by atoms with Gasteiger partial charge >= 0.3 is 18.2 Å². The van der Waals surface area contributed by atoms with Crippen molar-refractivity contribution >= 4 is 18.0 Å². The SMILES string of the molecule is CCC1(C(=O)O)CN(C(=O)CC(NC(=O)OCC2c3ccccc3-c3ccccc32)C(F)(F)F)C1. The van der Waals surface area contributed by atoms with Crippen LogP contribution in [0.15, 0.2) is 48.5 Å². The first-order valence-electron chi connectivity index (χ1n) is 11.2. The number of aliphatic carboxylic acids is 1. The van der Waals surface area contributed by atoms with Crippen LogP contribution in [0.1, 0.15) is 36.8 Å². The molecule has 1 aliphatic carbocycles. The number of hydrogen-bond acceptors (Lipinski definition) is 4. The predicted octanol–water partition coefficient (Wildman–Crippen LogP) is 4.17. The first-order valence-corrected chi connectivity index (χ1v) is 11.2. The predicted molar refractivity (Wildman–Crippen MR) is 120 cm³/mol. The van der Waals surface area contributed by atoms with Crippen LogP contribution in [-0.4, -0.2) is 59.9 Å². The van der Waals surface area contributed by atoms with E-state index < -0.39 is 42.0 Å². The fourth-order valence-corrected chi connectivity index (χ4v) is 4.71. The molecule has 0 spiro atoms. The summed E-state index contributed by atoms with van der Waals surface area (Å²) in [7, 11) is 0. The van der Waals surface area contributed by atoms with Gasteiger partial charge in [-0.15, -0.1) is 0 Å². The molecule has 0 radical (unpaired) electrons. The molecule has 0 saturated carbocycles. The molecule has 2 aromatic rings. The Balaban J connectivity index is 1.38. The Hall–Kier alpha value is -3.56. The topological polar surface area (TPSA) is 95.9 Å². The van der Waals surface area contributed by atoms with E-state index in [1.54, 1.807) is 12.2 Å². The lowest BCUT2D eigenvalue weighted by molar-refractivity contribution is -0.174. The number of halogens is 3. The molecule has 0 bridgehead atoms. The zero-order valence-corrected chi connectivity index (χ0v) is 19.0. The second-order valence-corrected chi connectivity index (χ2v) is 8.96. The maximum Gasteiger partial charge on any atom is 0.409 e. The van der Waals surface area contributed by atoms with E-state index >= 15 is 0 Å². The quantitative estimate of drug-likeness (QED) is 0.608. The zero-order chi connectivity index (χ0) is 25.4. The van der Waals surface area contributed by atoms with E-state index in [2.05, 4.69) is 0 Å². The summed E-state index contributed by atoms with van der Waals surface area (Å²) < 4.78 is 45.9. The smallest absolute Gasteiger partial charge is 0.409 e. The highest BCUT2D eigenvalue weighted by atomic mass is 19.4. The number of nitrogens with one attached hydrogen (secondary N) is 1. The molecule has 0 aromatic heterocycles. The number of likely N-dealkylation sites (tertiary alicyclic amines) is 1. The molecule has 1 saturated heterocycles. The van der Waals surface area contributed by atoms with Crippen molar-refractivity contribution in [1.82, 2.24) is 10.2 Å². The number of carboxylic acid groups (broad SMARTS) is 1. The summed E-state index contributed by atoms with van der Waals surface area (Å²) in [6.07, 6.45) is -6.94. The number of alkyl halides is 3. The monoisotopic (exact) mass is 490 g/mol. The Labute approximate surface area is 199 Å². The molecule has 2 amide bonds. The van der Waals surface area contributed by atoms with Crippen molar-refractivity contribution < 1.29 is 37.4 Å². The number of benzene rings is 2. The van der Waals surface area contributed by atoms with Crippen molar-refractivity contribution in [3.63, 3.8) is 0 Å². The molecule has 1 aliphatic heterocycles. The fraction of sp³-hybridized carbons (Fsp3) is 0.400. The molecular formula is C25H25F3N2O5. The second kappa shape index (κ2) is 9.24. The van der Waals surface area contributed by atoms with E-state index in [1.165, 1.54) is 0 Å². The van der Waals surface area contributed by atoms with E-state index in [0.29, 0.717) is 0 Å². The summed E-state index contributed by atoms with van der Waals surface area (Å²) in [5.74, 6) is -2.29. The van der Waals surface area contributed by atoms with Gasteiger partial charge in [-0.2, -0.15) is 13.2 Å². The Morgan fingerprint density at radius 2 is 1.63 bits per heavy atom. The fourth-order valence-electron chi connectivity index (χ4n) is 4.71. The molecule has 7 nitrogen and oxygen atoms in total.